The number of nitrogens with zero attached hydrogens (tertiary/aromatic N) is 4. The Labute approximate surface area is 156 Å². The highest BCUT2D eigenvalue weighted by Gasteiger charge is 2.30. The molecule has 0 fully saturated rings. The van der Waals surface area contributed by atoms with Crippen LogP contribution in [0.25, 0.3) is 11.0 Å². The third-order valence-electron chi connectivity index (χ3n) is 5.28. The largest absolute Gasteiger partial charge is 0.345 e. The number of H-pyrrole nitrogens is 1. The maximum Gasteiger partial charge on any atom is 0.254 e. The first-order valence-corrected chi connectivity index (χ1v) is 8.98. The first-order valence-electron chi connectivity index (χ1n) is 8.98. The van der Waals surface area contributed by atoms with E-state index in [0.717, 1.165) is 16.6 Å². The molecule has 0 saturated heterocycles. The summed E-state index contributed by atoms with van der Waals surface area (Å²) in [7, 11) is 1.92. The molecule has 27 heavy (non-hydrogen) atoms. The highest BCUT2D eigenvalue weighted by molar-refractivity contribution is 5.97. The molecular formula is C21H19N5O. The molecule has 1 N–H and O–H groups in total. The van der Waals surface area contributed by atoms with Gasteiger partial charge in [0.05, 0.1) is 23.6 Å². The quantitative estimate of drug-likeness (QED) is 0.599. The molecule has 0 saturated carbocycles. The predicted octanol–water partition coefficient (Wildman–Crippen LogP) is 3.08. The minimum Gasteiger partial charge on any atom is -0.345 e. The van der Waals surface area contributed by atoms with Crippen molar-refractivity contribution in [2.45, 2.75) is 12.5 Å². The first kappa shape index (κ1) is 15.8. The average Bonchev–Trinajstić information content (AvgIpc) is 3.34. The van der Waals surface area contributed by atoms with Gasteiger partial charge in [-0.15, -0.1) is 0 Å². The van der Waals surface area contributed by atoms with Gasteiger partial charge in [0.25, 0.3) is 5.91 Å². The molecule has 5 rings (SSSR count). The van der Waals surface area contributed by atoms with Crippen molar-refractivity contribution in [1.29, 1.82) is 0 Å². The van der Waals surface area contributed by atoms with Crippen LogP contribution in [0.5, 0.6) is 0 Å². The number of aromatic amines is 1. The number of rotatable bonds is 2. The molecule has 0 unspecified atom stereocenters. The first-order chi connectivity index (χ1) is 13.2. The second-order valence-electron chi connectivity index (χ2n) is 7.02. The van der Waals surface area contributed by atoms with Crippen molar-refractivity contribution >= 4 is 16.9 Å². The Bertz CT molecular complexity index is 1140. The molecular weight excluding hydrogens is 338 g/mol. The van der Waals surface area contributed by atoms with Crippen LogP contribution in [0.3, 0.4) is 0 Å². The van der Waals surface area contributed by atoms with Crippen LogP contribution in [0, 0.1) is 0 Å². The Balaban J connectivity index is 1.52. The normalized spacial score (nSPS) is 16.5. The molecule has 1 aliphatic rings. The Kier molecular flexibility index (Phi) is 3.57. The number of nitrogens with one attached hydrogen (secondary N) is 1. The third kappa shape index (κ3) is 2.70. The molecule has 2 aromatic heterocycles. The SMILES string of the molecule is Cn1cc([C@@H]2CN(C(=O)c3ccc4nc[nH]c4c3)Cc3ccccc32)cn1. The number of aromatic nitrogens is 4. The summed E-state index contributed by atoms with van der Waals surface area (Å²) >= 11 is 0. The van der Waals surface area contributed by atoms with Gasteiger partial charge in [0, 0.05) is 37.8 Å². The smallest absolute Gasteiger partial charge is 0.254 e. The maximum absolute atomic E-state index is 13.2. The van der Waals surface area contributed by atoms with E-state index in [1.165, 1.54) is 11.1 Å². The van der Waals surface area contributed by atoms with Gasteiger partial charge in [0.1, 0.15) is 0 Å². The number of imidazole rings is 1. The van der Waals surface area contributed by atoms with Gasteiger partial charge in [-0.25, -0.2) is 4.98 Å². The van der Waals surface area contributed by atoms with Gasteiger partial charge < -0.3 is 9.88 Å². The van der Waals surface area contributed by atoms with Gasteiger partial charge in [-0.1, -0.05) is 24.3 Å². The van der Waals surface area contributed by atoms with Gasteiger partial charge in [-0.3, -0.25) is 9.48 Å². The number of aryl methyl sites for hydroxylation is 1. The summed E-state index contributed by atoms with van der Waals surface area (Å²) in [6.07, 6.45) is 5.58. The average molecular weight is 357 g/mol. The number of carbonyl (C=O) groups is 1. The second kappa shape index (κ2) is 6.09. The zero-order valence-electron chi connectivity index (χ0n) is 15.0. The fourth-order valence-corrected chi connectivity index (χ4v) is 3.92. The van der Waals surface area contributed by atoms with Crippen LogP contribution in [-0.4, -0.2) is 37.1 Å². The summed E-state index contributed by atoms with van der Waals surface area (Å²) in [4.78, 5) is 22.5. The summed E-state index contributed by atoms with van der Waals surface area (Å²) in [6, 6.07) is 14.0. The lowest BCUT2D eigenvalue weighted by molar-refractivity contribution is 0.0725. The molecule has 3 heterocycles. The van der Waals surface area contributed by atoms with E-state index in [1.807, 2.05) is 53.3 Å². The number of hydrogen-bond donors (Lipinski definition) is 1. The molecule has 134 valence electrons. The van der Waals surface area contributed by atoms with Crippen molar-refractivity contribution in [1.82, 2.24) is 24.6 Å². The maximum atomic E-state index is 13.2. The van der Waals surface area contributed by atoms with Crippen molar-refractivity contribution in [3.63, 3.8) is 0 Å². The van der Waals surface area contributed by atoms with Crippen molar-refractivity contribution in [2.75, 3.05) is 6.54 Å². The highest BCUT2D eigenvalue weighted by atomic mass is 16.2. The highest BCUT2D eigenvalue weighted by Crippen LogP contribution is 2.34. The molecule has 1 amide bonds. The Morgan fingerprint density at radius 3 is 2.96 bits per heavy atom. The second-order valence-corrected chi connectivity index (χ2v) is 7.02. The zero-order valence-corrected chi connectivity index (χ0v) is 15.0. The van der Waals surface area contributed by atoms with Crippen molar-refractivity contribution in [2.24, 2.45) is 7.05 Å². The van der Waals surface area contributed by atoms with Crippen molar-refractivity contribution < 1.29 is 4.79 Å². The number of benzene rings is 2. The minimum atomic E-state index is 0.0369. The van der Waals surface area contributed by atoms with E-state index in [9.17, 15) is 4.79 Å². The summed E-state index contributed by atoms with van der Waals surface area (Å²) in [5.74, 6) is 0.165. The molecule has 1 atom stereocenters. The van der Waals surface area contributed by atoms with Crippen molar-refractivity contribution in [3.05, 3.63) is 83.4 Å². The van der Waals surface area contributed by atoms with Crippen LogP contribution in [-0.2, 0) is 13.6 Å². The Morgan fingerprint density at radius 2 is 2.11 bits per heavy atom. The Hall–Kier alpha value is -3.41. The molecule has 2 aromatic carbocycles. The van der Waals surface area contributed by atoms with E-state index in [1.54, 1.807) is 6.33 Å². The van der Waals surface area contributed by atoms with Gasteiger partial charge in [-0.05, 0) is 34.9 Å². The van der Waals surface area contributed by atoms with Crippen LogP contribution < -0.4 is 0 Å². The van der Waals surface area contributed by atoms with Gasteiger partial charge in [-0.2, -0.15) is 5.10 Å². The van der Waals surface area contributed by atoms with Gasteiger partial charge in [0.2, 0.25) is 0 Å². The minimum absolute atomic E-state index is 0.0369. The van der Waals surface area contributed by atoms with Crippen LogP contribution in [0.1, 0.15) is 33.0 Å². The molecule has 0 aliphatic carbocycles. The third-order valence-corrected chi connectivity index (χ3v) is 5.28. The fraction of sp³-hybridized carbons (Fsp3) is 0.190. The van der Waals surface area contributed by atoms with E-state index in [-0.39, 0.29) is 11.8 Å². The summed E-state index contributed by atoms with van der Waals surface area (Å²) in [5, 5.41) is 4.32. The summed E-state index contributed by atoms with van der Waals surface area (Å²) in [5.41, 5.74) is 6.01. The lowest BCUT2D eigenvalue weighted by Gasteiger charge is -2.34. The van der Waals surface area contributed by atoms with Gasteiger partial charge >= 0.3 is 0 Å². The van der Waals surface area contributed by atoms with Crippen molar-refractivity contribution in [3.8, 4) is 0 Å². The lowest BCUT2D eigenvalue weighted by atomic mass is 9.86. The molecule has 0 spiro atoms. The molecule has 6 nitrogen and oxygen atoms in total. The van der Waals surface area contributed by atoms with Gasteiger partial charge in [0.15, 0.2) is 0 Å². The topological polar surface area (TPSA) is 66.8 Å². The summed E-state index contributed by atoms with van der Waals surface area (Å²) < 4.78 is 1.81. The number of fused-ring (bicyclic) bond motifs is 2. The van der Waals surface area contributed by atoms with Crippen LogP contribution >= 0.6 is 0 Å². The molecule has 0 bridgehead atoms. The van der Waals surface area contributed by atoms with Crippen LogP contribution in [0.15, 0.2) is 61.2 Å². The molecule has 6 heteroatoms. The van der Waals surface area contributed by atoms with Crippen LogP contribution in [0.2, 0.25) is 0 Å². The molecule has 0 radical (unpaired) electrons. The monoisotopic (exact) mass is 357 g/mol. The van der Waals surface area contributed by atoms with E-state index < -0.39 is 0 Å². The zero-order chi connectivity index (χ0) is 18.4. The fourth-order valence-electron chi connectivity index (χ4n) is 3.92. The standard InChI is InChI=1S/C21H19N5O/c1-25-10-16(9-24-25)18-12-26(11-15-4-2-3-5-17(15)18)21(27)14-6-7-19-20(8-14)23-13-22-19/h2-10,13,18H,11-12H2,1H3,(H,22,23)/t18-/m0/s1. The van der Waals surface area contributed by atoms with E-state index in [2.05, 4.69) is 33.3 Å². The predicted molar refractivity (Wildman–Crippen MR) is 102 cm³/mol. The number of amides is 1. The lowest BCUT2D eigenvalue weighted by Crippen LogP contribution is -2.38. The number of carbonyl (C=O) groups excluding carboxylic acids is 1. The Morgan fingerprint density at radius 1 is 1.22 bits per heavy atom. The van der Waals surface area contributed by atoms with E-state index in [0.29, 0.717) is 18.7 Å². The molecule has 1 aliphatic heterocycles. The number of hydrogen-bond acceptors (Lipinski definition) is 3. The van der Waals surface area contributed by atoms with E-state index >= 15 is 0 Å². The summed E-state index contributed by atoms with van der Waals surface area (Å²) in [6.45, 7) is 1.26. The van der Waals surface area contributed by atoms with Crippen LogP contribution in [0.4, 0.5) is 0 Å². The van der Waals surface area contributed by atoms with E-state index in [4.69, 9.17) is 0 Å². The molecule has 4 aromatic rings.